The van der Waals surface area contributed by atoms with E-state index in [1.165, 1.54) is 0 Å². The van der Waals surface area contributed by atoms with Gasteiger partial charge >= 0.3 is 0 Å². The van der Waals surface area contributed by atoms with E-state index in [1.54, 1.807) is 12.4 Å². The number of carbonyl (C=O) groups is 1. The number of nitrogens with one attached hydrogen (secondary N) is 1. The number of nitrogens with zero attached hydrogens (tertiary/aromatic N) is 1. The number of hydroxylamine groups is 1. The molecule has 1 aromatic rings. The Bertz CT molecular complexity index is 289. The lowest BCUT2D eigenvalue weighted by Gasteiger charge is -2.12. The summed E-state index contributed by atoms with van der Waals surface area (Å²) in [6, 6.07) is 3.73. The molecule has 5 heteroatoms. The van der Waals surface area contributed by atoms with E-state index in [4.69, 9.17) is 10.6 Å². The van der Waals surface area contributed by atoms with Crippen molar-refractivity contribution in [1.29, 1.82) is 0 Å². The van der Waals surface area contributed by atoms with Gasteiger partial charge in [0.05, 0.1) is 6.04 Å². The van der Waals surface area contributed by atoms with Crippen LogP contribution in [0.4, 0.5) is 0 Å². The molecule has 1 rings (SSSR count). The first kappa shape index (κ1) is 10.6. The minimum absolute atomic E-state index is 0.00245. The molecule has 0 radical (unpaired) electrons. The maximum atomic E-state index is 10.4. The summed E-state index contributed by atoms with van der Waals surface area (Å²) in [5, 5.41) is 0. The largest absolute Gasteiger partial charge is 0.368 e. The molecule has 0 aliphatic carbocycles. The molecule has 14 heavy (non-hydrogen) atoms. The third-order valence-electron chi connectivity index (χ3n) is 1.68. The van der Waals surface area contributed by atoms with E-state index in [-0.39, 0.29) is 12.6 Å². The molecule has 0 aliphatic rings. The molecular weight excluding hydrogens is 182 g/mol. The first-order valence-electron chi connectivity index (χ1n) is 4.25. The Kier molecular flexibility index (Phi) is 4.03. The van der Waals surface area contributed by atoms with Crippen molar-refractivity contribution in [2.45, 2.75) is 13.0 Å². The van der Waals surface area contributed by atoms with Crippen molar-refractivity contribution in [3.63, 3.8) is 0 Å². The molecule has 0 bridgehead atoms. The Hall–Kier alpha value is -1.46. The summed E-state index contributed by atoms with van der Waals surface area (Å²) in [5.74, 6) is -0.501. The lowest BCUT2D eigenvalue weighted by atomic mass is 10.1. The van der Waals surface area contributed by atoms with Gasteiger partial charge in [0, 0.05) is 12.4 Å². The topological polar surface area (TPSA) is 77.2 Å². The van der Waals surface area contributed by atoms with Crippen LogP contribution in [0.2, 0.25) is 0 Å². The highest BCUT2D eigenvalue weighted by Gasteiger charge is 2.04. The number of nitrogens with two attached hydrogens (primary N) is 1. The molecule has 1 amide bonds. The van der Waals surface area contributed by atoms with Crippen LogP contribution in [-0.2, 0) is 9.63 Å². The highest BCUT2D eigenvalue weighted by Crippen LogP contribution is 2.09. The molecule has 0 aromatic carbocycles. The van der Waals surface area contributed by atoms with Crippen molar-refractivity contribution in [3.05, 3.63) is 30.1 Å². The number of rotatable bonds is 5. The van der Waals surface area contributed by atoms with Crippen LogP contribution in [0.5, 0.6) is 0 Å². The quantitative estimate of drug-likeness (QED) is 0.655. The Morgan fingerprint density at radius 3 is 2.86 bits per heavy atom. The molecule has 0 saturated carbocycles. The smallest absolute Gasteiger partial charge is 0.245 e. The van der Waals surface area contributed by atoms with Crippen LogP contribution >= 0.6 is 0 Å². The molecule has 0 saturated heterocycles. The van der Waals surface area contributed by atoms with Gasteiger partial charge in [0.1, 0.15) is 6.61 Å². The number of aromatic nitrogens is 1. The maximum Gasteiger partial charge on any atom is 0.245 e. The number of amides is 1. The van der Waals surface area contributed by atoms with Crippen molar-refractivity contribution >= 4 is 5.91 Å². The van der Waals surface area contributed by atoms with E-state index in [0.29, 0.717) is 0 Å². The fourth-order valence-electron chi connectivity index (χ4n) is 0.958. The van der Waals surface area contributed by atoms with E-state index in [0.717, 1.165) is 5.56 Å². The van der Waals surface area contributed by atoms with Gasteiger partial charge in [0.25, 0.3) is 0 Å². The SMILES string of the molecule is CC(NOCC(N)=O)c1ccncc1. The van der Waals surface area contributed by atoms with Crippen LogP contribution in [0.15, 0.2) is 24.5 Å². The van der Waals surface area contributed by atoms with E-state index in [2.05, 4.69) is 10.5 Å². The predicted molar refractivity (Wildman–Crippen MR) is 50.9 cm³/mol. The third-order valence-corrected chi connectivity index (χ3v) is 1.68. The zero-order valence-electron chi connectivity index (χ0n) is 7.93. The van der Waals surface area contributed by atoms with Gasteiger partial charge in [0.2, 0.25) is 5.91 Å². The highest BCUT2D eigenvalue weighted by atomic mass is 16.6. The van der Waals surface area contributed by atoms with Gasteiger partial charge < -0.3 is 5.73 Å². The van der Waals surface area contributed by atoms with Gasteiger partial charge in [-0.15, -0.1) is 0 Å². The van der Waals surface area contributed by atoms with Crippen molar-refractivity contribution in [1.82, 2.24) is 10.5 Å². The van der Waals surface area contributed by atoms with Crippen molar-refractivity contribution in [3.8, 4) is 0 Å². The molecule has 5 nitrogen and oxygen atoms in total. The number of carbonyl (C=O) groups excluding carboxylic acids is 1. The number of hydrogen-bond donors (Lipinski definition) is 2. The van der Waals surface area contributed by atoms with Gasteiger partial charge in [-0.2, -0.15) is 5.48 Å². The summed E-state index contributed by atoms with van der Waals surface area (Å²) < 4.78 is 0. The average molecular weight is 195 g/mol. The molecule has 0 aliphatic heterocycles. The highest BCUT2D eigenvalue weighted by molar-refractivity contribution is 5.74. The van der Waals surface area contributed by atoms with Gasteiger partial charge in [-0.05, 0) is 24.6 Å². The van der Waals surface area contributed by atoms with E-state index in [9.17, 15) is 4.79 Å². The van der Waals surface area contributed by atoms with Crippen LogP contribution in [0.25, 0.3) is 0 Å². The van der Waals surface area contributed by atoms with Crippen LogP contribution < -0.4 is 11.2 Å². The van der Waals surface area contributed by atoms with Crippen molar-refractivity contribution < 1.29 is 9.63 Å². The lowest BCUT2D eigenvalue weighted by molar-refractivity contribution is -0.126. The van der Waals surface area contributed by atoms with E-state index < -0.39 is 5.91 Å². The summed E-state index contributed by atoms with van der Waals surface area (Å²) >= 11 is 0. The second-order valence-corrected chi connectivity index (χ2v) is 2.88. The molecule has 3 N–H and O–H groups in total. The summed E-state index contributed by atoms with van der Waals surface area (Å²) in [7, 11) is 0. The van der Waals surface area contributed by atoms with Crippen LogP contribution in [0.1, 0.15) is 18.5 Å². The first-order chi connectivity index (χ1) is 6.70. The number of primary amides is 1. The summed E-state index contributed by atoms with van der Waals surface area (Å²) in [6.07, 6.45) is 3.39. The summed E-state index contributed by atoms with van der Waals surface area (Å²) in [6.45, 7) is 1.78. The Balaban J connectivity index is 2.36. The molecule has 1 atom stereocenters. The summed E-state index contributed by atoms with van der Waals surface area (Å²) in [4.78, 5) is 19.1. The second-order valence-electron chi connectivity index (χ2n) is 2.88. The standard InChI is InChI=1S/C9H13N3O2/c1-7(12-14-6-9(10)13)8-2-4-11-5-3-8/h2-5,7,12H,6H2,1H3,(H2,10,13). The molecule has 1 heterocycles. The van der Waals surface area contributed by atoms with Crippen molar-refractivity contribution in [2.75, 3.05) is 6.61 Å². The molecule has 1 unspecified atom stereocenters. The van der Waals surface area contributed by atoms with Gasteiger partial charge in [0.15, 0.2) is 0 Å². The van der Waals surface area contributed by atoms with Crippen molar-refractivity contribution in [2.24, 2.45) is 5.73 Å². The second kappa shape index (κ2) is 5.31. The molecule has 0 fully saturated rings. The fraction of sp³-hybridized carbons (Fsp3) is 0.333. The molecule has 76 valence electrons. The van der Waals surface area contributed by atoms with Crippen LogP contribution in [0, 0.1) is 0 Å². The minimum atomic E-state index is -0.501. The van der Waals surface area contributed by atoms with Gasteiger partial charge in [-0.1, -0.05) is 0 Å². The lowest BCUT2D eigenvalue weighted by Crippen LogP contribution is -2.26. The third kappa shape index (κ3) is 3.51. The Morgan fingerprint density at radius 2 is 2.29 bits per heavy atom. The minimum Gasteiger partial charge on any atom is -0.368 e. The molecule has 1 aromatic heterocycles. The monoisotopic (exact) mass is 195 g/mol. The first-order valence-corrected chi connectivity index (χ1v) is 4.25. The Labute approximate surface area is 82.2 Å². The number of hydrogen-bond acceptors (Lipinski definition) is 4. The Morgan fingerprint density at radius 1 is 1.64 bits per heavy atom. The summed E-state index contributed by atoms with van der Waals surface area (Å²) in [5.41, 5.74) is 8.64. The zero-order valence-corrected chi connectivity index (χ0v) is 7.93. The van der Waals surface area contributed by atoms with Crippen LogP contribution in [0.3, 0.4) is 0 Å². The zero-order chi connectivity index (χ0) is 10.4. The molecule has 0 spiro atoms. The molecular formula is C9H13N3O2. The maximum absolute atomic E-state index is 10.4. The average Bonchev–Trinajstić information content (AvgIpc) is 2.18. The fourth-order valence-corrected chi connectivity index (χ4v) is 0.958. The van der Waals surface area contributed by atoms with Gasteiger partial charge in [-0.3, -0.25) is 14.6 Å². The normalized spacial score (nSPS) is 12.4. The van der Waals surface area contributed by atoms with E-state index in [1.807, 2.05) is 19.1 Å². The van der Waals surface area contributed by atoms with E-state index >= 15 is 0 Å². The van der Waals surface area contributed by atoms with Crippen LogP contribution in [-0.4, -0.2) is 17.5 Å². The predicted octanol–water partition coefficient (Wildman–Crippen LogP) is 0.149. The number of pyridine rings is 1. The van der Waals surface area contributed by atoms with Gasteiger partial charge in [-0.25, -0.2) is 0 Å².